The van der Waals surface area contributed by atoms with Crippen molar-refractivity contribution in [1.82, 2.24) is 4.57 Å². The number of hydrogen-bond acceptors (Lipinski definition) is 4. The van der Waals surface area contributed by atoms with E-state index < -0.39 is 11.2 Å². The summed E-state index contributed by atoms with van der Waals surface area (Å²) in [4.78, 5) is 24.3. The van der Waals surface area contributed by atoms with Gasteiger partial charge in [0, 0.05) is 18.7 Å². The molecule has 0 fully saturated rings. The quantitative estimate of drug-likeness (QED) is 0.879. The lowest BCUT2D eigenvalue weighted by Crippen LogP contribution is -2.33. The molecule has 1 aromatic carbocycles. The molecule has 1 aliphatic heterocycles. The van der Waals surface area contributed by atoms with Crippen molar-refractivity contribution in [2.45, 2.75) is 26.4 Å². The van der Waals surface area contributed by atoms with Crippen molar-refractivity contribution < 1.29 is 9.53 Å². The van der Waals surface area contributed by atoms with Crippen LogP contribution in [-0.4, -0.2) is 16.1 Å². The molecule has 0 bridgehead atoms. The van der Waals surface area contributed by atoms with Gasteiger partial charge in [-0.2, -0.15) is 5.26 Å². The first-order valence-electron chi connectivity index (χ1n) is 7.87. The van der Waals surface area contributed by atoms with Gasteiger partial charge in [-0.15, -0.1) is 0 Å². The Labute approximate surface area is 155 Å². The fourth-order valence-electron chi connectivity index (χ4n) is 2.81. The van der Waals surface area contributed by atoms with E-state index in [0.29, 0.717) is 22.6 Å². The summed E-state index contributed by atoms with van der Waals surface area (Å²) in [6, 6.07) is 8.49. The van der Waals surface area contributed by atoms with Gasteiger partial charge in [-0.05, 0) is 44.2 Å². The number of halogens is 1. The molecule has 0 saturated heterocycles. The first-order chi connectivity index (χ1) is 12.2. The highest BCUT2D eigenvalue weighted by Crippen LogP contribution is 2.37. The van der Waals surface area contributed by atoms with E-state index in [1.165, 1.54) is 23.8 Å². The van der Waals surface area contributed by atoms with Crippen molar-refractivity contribution in [2.24, 2.45) is 0 Å². The maximum absolute atomic E-state index is 12.9. The summed E-state index contributed by atoms with van der Waals surface area (Å²) in [6.07, 6.45) is 3.26. The highest BCUT2D eigenvalue weighted by atomic mass is 35.5. The molecule has 2 aromatic rings. The molecule has 7 heteroatoms. The number of amides is 1. The lowest BCUT2D eigenvalue weighted by atomic mass is 9.97. The monoisotopic (exact) mass is 369 g/mol. The van der Waals surface area contributed by atoms with Crippen LogP contribution in [0.4, 0.5) is 5.69 Å². The molecule has 0 aliphatic carbocycles. The summed E-state index contributed by atoms with van der Waals surface area (Å²) in [5.41, 5.74) is 0.547. The second-order valence-electron chi connectivity index (χ2n) is 6.49. The predicted molar refractivity (Wildman–Crippen MR) is 99.3 cm³/mol. The second-order valence-corrected chi connectivity index (χ2v) is 6.92. The van der Waals surface area contributed by atoms with Crippen LogP contribution >= 0.6 is 11.6 Å². The SMILES string of the molecule is CC(=O)Nc1cc(Cl)cn(C2=CC(C)(C)Oc3ccc(C#N)cc32)c1=O. The minimum Gasteiger partial charge on any atom is -0.483 e. The Hall–Kier alpha value is -3.04. The van der Waals surface area contributed by atoms with Crippen LogP contribution in [0.15, 0.2) is 41.3 Å². The van der Waals surface area contributed by atoms with E-state index in [2.05, 4.69) is 11.4 Å². The average molecular weight is 370 g/mol. The van der Waals surface area contributed by atoms with Gasteiger partial charge in [0.1, 0.15) is 17.0 Å². The highest BCUT2D eigenvalue weighted by Gasteiger charge is 2.28. The van der Waals surface area contributed by atoms with E-state index in [4.69, 9.17) is 16.3 Å². The molecule has 132 valence electrons. The van der Waals surface area contributed by atoms with Gasteiger partial charge in [0.25, 0.3) is 5.56 Å². The zero-order valence-corrected chi connectivity index (χ0v) is 15.2. The summed E-state index contributed by atoms with van der Waals surface area (Å²) < 4.78 is 7.29. The van der Waals surface area contributed by atoms with Crippen LogP contribution in [0.1, 0.15) is 31.9 Å². The largest absolute Gasteiger partial charge is 0.483 e. The molecule has 1 aliphatic rings. The number of carbonyl (C=O) groups excluding carboxylic acids is 1. The third-order valence-electron chi connectivity index (χ3n) is 3.80. The maximum atomic E-state index is 12.9. The van der Waals surface area contributed by atoms with E-state index in [-0.39, 0.29) is 16.6 Å². The number of nitrogens with one attached hydrogen (secondary N) is 1. The number of anilines is 1. The Bertz CT molecular complexity index is 1040. The Balaban J connectivity index is 2.28. The molecule has 0 radical (unpaired) electrons. The molecule has 0 atom stereocenters. The number of nitriles is 1. The van der Waals surface area contributed by atoms with E-state index in [0.717, 1.165) is 0 Å². The van der Waals surface area contributed by atoms with Gasteiger partial charge >= 0.3 is 0 Å². The number of ether oxygens (including phenoxy) is 1. The number of fused-ring (bicyclic) bond motifs is 1. The minimum absolute atomic E-state index is 0.0770. The van der Waals surface area contributed by atoms with Gasteiger partial charge in [-0.25, -0.2) is 0 Å². The van der Waals surface area contributed by atoms with Crippen molar-refractivity contribution in [2.75, 3.05) is 5.32 Å². The molecule has 0 spiro atoms. The van der Waals surface area contributed by atoms with Crippen LogP contribution in [-0.2, 0) is 4.79 Å². The third-order valence-corrected chi connectivity index (χ3v) is 4.00. The molecular formula is C19H16ClN3O3. The molecule has 3 rings (SSSR count). The highest BCUT2D eigenvalue weighted by molar-refractivity contribution is 6.30. The van der Waals surface area contributed by atoms with Crippen molar-refractivity contribution in [1.29, 1.82) is 5.26 Å². The lowest BCUT2D eigenvalue weighted by molar-refractivity contribution is -0.114. The van der Waals surface area contributed by atoms with Gasteiger partial charge in [-0.3, -0.25) is 14.2 Å². The average Bonchev–Trinajstić information content (AvgIpc) is 2.55. The first kappa shape index (κ1) is 17.8. The minimum atomic E-state index is -0.674. The van der Waals surface area contributed by atoms with Crippen LogP contribution in [0.2, 0.25) is 5.02 Å². The number of rotatable bonds is 2. The number of hydrogen-bond donors (Lipinski definition) is 1. The Morgan fingerprint density at radius 1 is 1.35 bits per heavy atom. The summed E-state index contributed by atoms with van der Waals surface area (Å²) in [6.45, 7) is 5.03. The summed E-state index contributed by atoms with van der Waals surface area (Å²) in [5, 5.41) is 12.0. The van der Waals surface area contributed by atoms with Gasteiger partial charge in [-0.1, -0.05) is 11.6 Å². The number of carbonyl (C=O) groups is 1. The molecule has 1 N–H and O–H groups in total. The Morgan fingerprint density at radius 2 is 2.08 bits per heavy atom. The van der Waals surface area contributed by atoms with Crippen molar-refractivity contribution in [3.05, 3.63) is 63.0 Å². The first-order valence-corrected chi connectivity index (χ1v) is 8.24. The van der Waals surface area contributed by atoms with Crippen molar-refractivity contribution in [3.63, 3.8) is 0 Å². The topological polar surface area (TPSA) is 84.1 Å². The molecule has 6 nitrogen and oxygen atoms in total. The van der Waals surface area contributed by atoms with Crippen LogP contribution in [0, 0.1) is 11.3 Å². The van der Waals surface area contributed by atoms with E-state index in [1.807, 2.05) is 13.8 Å². The predicted octanol–water partition coefficient (Wildman–Crippen LogP) is 3.39. The summed E-state index contributed by atoms with van der Waals surface area (Å²) in [7, 11) is 0. The van der Waals surface area contributed by atoms with Gasteiger partial charge in [0.15, 0.2) is 0 Å². The standard InChI is InChI=1S/C19H16ClN3O3/c1-11(24)22-15-7-13(20)10-23(18(15)25)16-8-19(2,3)26-17-5-4-12(9-21)6-14(16)17/h4-8,10H,1-3H3,(H,22,24). The molecule has 26 heavy (non-hydrogen) atoms. The van der Waals surface area contributed by atoms with Crippen LogP contribution in [0.3, 0.4) is 0 Å². The van der Waals surface area contributed by atoms with Crippen molar-refractivity contribution >= 4 is 28.9 Å². The van der Waals surface area contributed by atoms with E-state index in [1.54, 1.807) is 24.3 Å². The van der Waals surface area contributed by atoms with Crippen molar-refractivity contribution in [3.8, 4) is 11.8 Å². The molecule has 0 unspecified atom stereocenters. The van der Waals surface area contributed by atoms with Crippen LogP contribution in [0.25, 0.3) is 5.70 Å². The van der Waals surface area contributed by atoms with E-state index >= 15 is 0 Å². The smallest absolute Gasteiger partial charge is 0.278 e. The maximum Gasteiger partial charge on any atom is 0.278 e. The Kier molecular flexibility index (Phi) is 4.34. The molecule has 0 saturated carbocycles. The molecule has 1 aromatic heterocycles. The fourth-order valence-corrected chi connectivity index (χ4v) is 3.02. The molecular weight excluding hydrogens is 354 g/mol. The third kappa shape index (κ3) is 3.35. The van der Waals surface area contributed by atoms with Crippen LogP contribution in [0.5, 0.6) is 5.75 Å². The zero-order valence-electron chi connectivity index (χ0n) is 14.5. The Morgan fingerprint density at radius 3 is 2.73 bits per heavy atom. The number of nitrogens with zero attached hydrogens (tertiary/aromatic N) is 2. The second kappa shape index (κ2) is 6.36. The number of benzene rings is 1. The van der Waals surface area contributed by atoms with Crippen LogP contribution < -0.4 is 15.6 Å². The number of pyridine rings is 1. The molecule has 2 heterocycles. The summed E-state index contributed by atoms with van der Waals surface area (Å²) >= 11 is 6.16. The molecule has 1 amide bonds. The van der Waals surface area contributed by atoms with Gasteiger partial charge < -0.3 is 10.1 Å². The normalized spacial score (nSPS) is 14.5. The number of aromatic nitrogens is 1. The lowest BCUT2D eigenvalue weighted by Gasteiger charge is -2.31. The van der Waals surface area contributed by atoms with Gasteiger partial charge in [0.2, 0.25) is 5.91 Å². The fraction of sp³-hybridized carbons (Fsp3) is 0.211. The van der Waals surface area contributed by atoms with Gasteiger partial charge in [0.05, 0.1) is 22.4 Å². The van der Waals surface area contributed by atoms with E-state index in [9.17, 15) is 14.9 Å². The zero-order chi connectivity index (χ0) is 19.1. The summed E-state index contributed by atoms with van der Waals surface area (Å²) in [5.74, 6) is 0.184.